The zero-order valence-electron chi connectivity index (χ0n) is 13.5. The zero-order valence-corrected chi connectivity index (χ0v) is 14.3. The maximum atomic E-state index is 12.5. The summed E-state index contributed by atoms with van der Waals surface area (Å²) >= 11 is -1.19. The molecule has 5 nitrogen and oxygen atoms in total. The lowest BCUT2D eigenvalue weighted by Crippen LogP contribution is -2.22. The first-order valence-corrected chi connectivity index (χ1v) is 8.53. The number of benzene rings is 2. The summed E-state index contributed by atoms with van der Waals surface area (Å²) in [6.07, 6.45) is 3.19. The Balaban J connectivity index is 1.96. The number of anilines is 1. The summed E-state index contributed by atoms with van der Waals surface area (Å²) in [5, 5.41) is 0. The smallest absolute Gasteiger partial charge is 0.181 e. The first-order valence-electron chi connectivity index (χ1n) is 7.43. The van der Waals surface area contributed by atoms with Gasteiger partial charge in [0.2, 0.25) is 0 Å². The number of hydrogen-bond donors (Lipinski definition) is 1. The van der Waals surface area contributed by atoms with Crippen molar-refractivity contribution in [3.05, 3.63) is 60.9 Å². The number of nitrogen functional groups attached to an aromatic ring is 1. The van der Waals surface area contributed by atoms with Crippen LogP contribution in [0.2, 0.25) is 0 Å². The molecule has 1 unspecified atom stereocenters. The molecule has 1 heterocycles. The fourth-order valence-electron chi connectivity index (χ4n) is 2.36. The maximum absolute atomic E-state index is 12.5. The van der Waals surface area contributed by atoms with Crippen LogP contribution in [0.25, 0.3) is 22.4 Å². The second-order valence-corrected chi connectivity index (χ2v) is 7.13. The van der Waals surface area contributed by atoms with Gasteiger partial charge >= 0.3 is 0 Å². The molecule has 0 spiro atoms. The van der Waals surface area contributed by atoms with E-state index in [-0.39, 0.29) is 0 Å². The largest absolute Gasteiger partial charge is 0.593 e. The summed E-state index contributed by atoms with van der Waals surface area (Å²) in [4.78, 5) is 9.13. The molecule has 3 rings (SSSR count). The Labute approximate surface area is 144 Å². The Hall–Kier alpha value is -2.41. The van der Waals surface area contributed by atoms with Crippen LogP contribution >= 0.6 is 0 Å². The quantitative estimate of drug-likeness (QED) is 0.740. The summed E-state index contributed by atoms with van der Waals surface area (Å²) in [5.41, 5.74) is 9.25. The highest BCUT2D eigenvalue weighted by Gasteiger charge is 2.19. The van der Waals surface area contributed by atoms with Crippen LogP contribution in [0.4, 0.5) is 5.82 Å². The molecule has 0 saturated heterocycles. The minimum absolute atomic E-state index is 0.399. The van der Waals surface area contributed by atoms with Crippen molar-refractivity contribution in [1.82, 2.24) is 14.3 Å². The number of aromatic nitrogens is 2. The van der Waals surface area contributed by atoms with Gasteiger partial charge in [-0.1, -0.05) is 36.4 Å². The molecule has 0 bridgehead atoms. The van der Waals surface area contributed by atoms with Gasteiger partial charge in [-0.05, 0) is 17.7 Å². The number of rotatable bonds is 4. The van der Waals surface area contributed by atoms with Crippen LogP contribution in [-0.2, 0) is 11.4 Å². The normalized spacial score (nSPS) is 12.3. The Kier molecular flexibility index (Phi) is 4.80. The summed E-state index contributed by atoms with van der Waals surface area (Å²) in [6, 6.07) is 15.7. The Morgan fingerprint density at radius 2 is 1.58 bits per heavy atom. The van der Waals surface area contributed by atoms with Gasteiger partial charge in [-0.15, -0.1) is 4.31 Å². The molecule has 0 radical (unpaired) electrons. The van der Waals surface area contributed by atoms with Crippen molar-refractivity contribution in [2.75, 3.05) is 19.8 Å². The molecule has 0 aliphatic heterocycles. The average Bonchev–Trinajstić information content (AvgIpc) is 2.62. The van der Waals surface area contributed by atoms with Gasteiger partial charge in [0.1, 0.15) is 5.82 Å². The van der Waals surface area contributed by atoms with Gasteiger partial charge in [-0.25, -0.2) is 4.98 Å². The van der Waals surface area contributed by atoms with E-state index in [1.165, 1.54) is 0 Å². The lowest BCUT2D eigenvalue weighted by molar-refractivity contribution is 0.520. The SMILES string of the molecule is CN(C)[S+]([O-])c1ccccc1-c1ccc(-c2cnc(N)cn2)cc1. The van der Waals surface area contributed by atoms with Gasteiger partial charge < -0.3 is 10.3 Å². The summed E-state index contributed by atoms with van der Waals surface area (Å²) in [7, 11) is 3.60. The second kappa shape index (κ2) is 7.00. The van der Waals surface area contributed by atoms with Crippen molar-refractivity contribution in [2.24, 2.45) is 0 Å². The van der Waals surface area contributed by atoms with Gasteiger partial charge in [0, 0.05) is 25.2 Å². The molecule has 2 N–H and O–H groups in total. The van der Waals surface area contributed by atoms with E-state index in [0.29, 0.717) is 5.82 Å². The van der Waals surface area contributed by atoms with E-state index in [1.807, 2.05) is 48.5 Å². The fourth-order valence-corrected chi connectivity index (χ4v) is 3.32. The van der Waals surface area contributed by atoms with E-state index in [1.54, 1.807) is 30.8 Å². The van der Waals surface area contributed by atoms with Crippen LogP contribution in [0, 0.1) is 0 Å². The van der Waals surface area contributed by atoms with Crippen molar-refractivity contribution in [3.63, 3.8) is 0 Å². The van der Waals surface area contributed by atoms with E-state index >= 15 is 0 Å². The molecule has 3 aromatic rings. The summed E-state index contributed by atoms with van der Waals surface area (Å²) < 4.78 is 14.2. The van der Waals surface area contributed by atoms with Gasteiger partial charge in [0.25, 0.3) is 0 Å². The molecule has 0 amide bonds. The van der Waals surface area contributed by atoms with Gasteiger partial charge in [-0.3, -0.25) is 4.98 Å². The van der Waals surface area contributed by atoms with Crippen LogP contribution in [0.5, 0.6) is 0 Å². The van der Waals surface area contributed by atoms with Crippen molar-refractivity contribution in [1.29, 1.82) is 0 Å². The van der Waals surface area contributed by atoms with Crippen molar-refractivity contribution in [3.8, 4) is 22.4 Å². The lowest BCUT2D eigenvalue weighted by Gasteiger charge is -2.18. The van der Waals surface area contributed by atoms with Crippen LogP contribution in [-0.4, -0.2) is 32.9 Å². The highest BCUT2D eigenvalue weighted by molar-refractivity contribution is 7.89. The van der Waals surface area contributed by atoms with Gasteiger partial charge in [0.15, 0.2) is 4.90 Å². The predicted octanol–water partition coefficient (Wildman–Crippen LogP) is 2.98. The minimum atomic E-state index is -1.19. The summed E-state index contributed by atoms with van der Waals surface area (Å²) in [6.45, 7) is 0. The zero-order chi connectivity index (χ0) is 17.1. The van der Waals surface area contributed by atoms with E-state index in [4.69, 9.17) is 5.73 Å². The van der Waals surface area contributed by atoms with Crippen molar-refractivity contribution >= 4 is 17.2 Å². The number of hydrogen-bond acceptors (Lipinski definition) is 5. The third kappa shape index (κ3) is 3.41. The highest BCUT2D eigenvalue weighted by Crippen LogP contribution is 2.30. The van der Waals surface area contributed by atoms with Crippen LogP contribution < -0.4 is 5.73 Å². The van der Waals surface area contributed by atoms with Crippen molar-refractivity contribution in [2.45, 2.75) is 4.90 Å². The third-order valence-corrected chi connectivity index (χ3v) is 4.97. The molecule has 24 heavy (non-hydrogen) atoms. The molecule has 122 valence electrons. The second-order valence-electron chi connectivity index (χ2n) is 5.46. The molecule has 0 fully saturated rings. The standard InChI is InChI=1S/C18H18N4OS/c1-22(2)24(23)17-6-4-3-5-15(17)13-7-9-14(10-8-13)16-11-21-18(19)12-20-16/h3-12H,1-2H3,(H2,19,21). The fraction of sp³-hybridized carbons (Fsp3) is 0.111. The molecular weight excluding hydrogens is 320 g/mol. The molecule has 2 aromatic carbocycles. The Morgan fingerprint density at radius 3 is 2.21 bits per heavy atom. The molecule has 1 aromatic heterocycles. The molecule has 1 atom stereocenters. The first kappa shape index (κ1) is 16.4. The molecule has 0 aliphatic rings. The first-order chi connectivity index (χ1) is 11.6. The van der Waals surface area contributed by atoms with Crippen LogP contribution in [0.1, 0.15) is 0 Å². The minimum Gasteiger partial charge on any atom is -0.593 e. The maximum Gasteiger partial charge on any atom is 0.181 e. The monoisotopic (exact) mass is 338 g/mol. The average molecular weight is 338 g/mol. The van der Waals surface area contributed by atoms with E-state index in [2.05, 4.69) is 9.97 Å². The van der Waals surface area contributed by atoms with Crippen LogP contribution in [0.3, 0.4) is 0 Å². The Bertz CT molecular complexity index is 819. The van der Waals surface area contributed by atoms with Crippen LogP contribution in [0.15, 0.2) is 65.8 Å². The Morgan fingerprint density at radius 1 is 0.917 bits per heavy atom. The number of nitrogens with two attached hydrogens (primary N) is 1. The molecule has 0 saturated carbocycles. The van der Waals surface area contributed by atoms with E-state index in [0.717, 1.165) is 27.3 Å². The highest BCUT2D eigenvalue weighted by atomic mass is 32.2. The molecule has 0 aliphatic carbocycles. The molecular formula is C18H18N4OS. The summed E-state index contributed by atoms with van der Waals surface area (Å²) in [5.74, 6) is 0.399. The number of nitrogens with zero attached hydrogens (tertiary/aromatic N) is 3. The predicted molar refractivity (Wildman–Crippen MR) is 97.4 cm³/mol. The lowest BCUT2D eigenvalue weighted by atomic mass is 10.0. The van der Waals surface area contributed by atoms with Gasteiger partial charge in [0.05, 0.1) is 29.4 Å². The van der Waals surface area contributed by atoms with E-state index in [9.17, 15) is 4.55 Å². The van der Waals surface area contributed by atoms with E-state index < -0.39 is 11.4 Å². The van der Waals surface area contributed by atoms with Gasteiger partial charge in [-0.2, -0.15) is 0 Å². The topological polar surface area (TPSA) is 78.1 Å². The molecule has 6 heteroatoms. The van der Waals surface area contributed by atoms with Crippen molar-refractivity contribution < 1.29 is 4.55 Å². The third-order valence-electron chi connectivity index (χ3n) is 3.57.